The number of amides is 1. The van der Waals surface area contributed by atoms with Crippen molar-refractivity contribution in [1.29, 1.82) is 0 Å². The first-order valence-electron chi connectivity index (χ1n) is 5.96. The van der Waals surface area contributed by atoms with Crippen molar-refractivity contribution in [3.63, 3.8) is 0 Å². The maximum absolute atomic E-state index is 11.8. The molecule has 1 amide bonds. The van der Waals surface area contributed by atoms with Gasteiger partial charge < -0.3 is 4.90 Å². The molecule has 1 aliphatic rings. The number of rotatable bonds is 4. The lowest BCUT2D eigenvalue weighted by Crippen LogP contribution is -2.24. The molecule has 0 saturated carbocycles. The molecule has 1 saturated heterocycles. The Balaban J connectivity index is 1.94. The Bertz CT molecular complexity index is 350. The van der Waals surface area contributed by atoms with Crippen LogP contribution in [0.1, 0.15) is 31.7 Å². The van der Waals surface area contributed by atoms with Crippen LogP contribution < -0.4 is 0 Å². The number of hydrogen-bond donors (Lipinski definition) is 0. The van der Waals surface area contributed by atoms with E-state index in [0.29, 0.717) is 18.4 Å². The van der Waals surface area contributed by atoms with E-state index in [1.807, 2.05) is 23.2 Å². The normalized spacial score (nSPS) is 20.4. The molecule has 1 unspecified atom stereocenters. The van der Waals surface area contributed by atoms with Crippen molar-refractivity contribution in [3.05, 3.63) is 30.1 Å². The summed E-state index contributed by atoms with van der Waals surface area (Å²) in [5.74, 6) is 0.858. The minimum atomic E-state index is 0.294. The first-order chi connectivity index (χ1) is 7.79. The zero-order valence-electron chi connectivity index (χ0n) is 9.72. The fourth-order valence-corrected chi connectivity index (χ4v) is 2.32. The quantitative estimate of drug-likeness (QED) is 0.776. The fourth-order valence-electron chi connectivity index (χ4n) is 2.32. The van der Waals surface area contributed by atoms with Crippen LogP contribution >= 0.6 is 0 Å². The van der Waals surface area contributed by atoms with Gasteiger partial charge in [0.15, 0.2) is 0 Å². The molecule has 1 aromatic heterocycles. The second kappa shape index (κ2) is 5.10. The molecular formula is C13H18N2O. The molecule has 1 atom stereocenters. The van der Waals surface area contributed by atoms with E-state index in [1.54, 1.807) is 6.20 Å². The van der Waals surface area contributed by atoms with Crippen molar-refractivity contribution in [2.75, 3.05) is 6.54 Å². The summed E-state index contributed by atoms with van der Waals surface area (Å²) >= 11 is 0. The summed E-state index contributed by atoms with van der Waals surface area (Å²) in [6, 6.07) is 3.94. The Morgan fingerprint density at radius 2 is 2.44 bits per heavy atom. The number of carbonyl (C=O) groups excluding carboxylic acids is 1. The maximum Gasteiger partial charge on any atom is 0.223 e. The minimum Gasteiger partial charge on any atom is -0.338 e. The van der Waals surface area contributed by atoms with Gasteiger partial charge in [-0.15, -0.1) is 0 Å². The van der Waals surface area contributed by atoms with Crippen LogP contribution in [0.15, 0.2) is 24.5 Å². The van der Waals surface area contributed by atoms with Crippen molar-refractivity contribution in [1.82, 2.24) is 9.88 Å². The lowest BCUT2D eigenvalue weighted by Gasteiger charge is -2.16. The Hall–Kier alpha value is -1.38. The van der Waals surface area contributed by atoms with E-state index in [0.717, 1.165) is 24.9 Å². The monoisotopic (exact) mass is 218 g/mol. The Labute approximate surface area is 96.5 Å². The minimum absolute atomic E-state index is 0.294. The summed E-state index contributed by atoms with van der Waals surface area (Å²) in [7, 11) is 0. The summed E-state index contributed by atoms with van der Waals surface area (Å²) in [4.78, 5) is 17.8. The molecular weight excluding hydrogens is 200 g/mol. The highest BCUT2D eigenvalue weighted by Gasteiger charge is 2.28. The Morgan fingerprint density at radius 1 is 1.56 bits per heavy atom. The van der Waals surface area contributed by atoms with E-state index in [2.05, 4.69) is 11.9 Å². The van der Waals surface area contributed by atoms with Gasteiger partial charge in [0.05, 0.1) is 0 Å². The van der Waals surface area contributed by atoms with Gasteiger partial charge in [-0.1, -0.05) is 19.4 Å². The van der Waals surface area contributed by atoms with E-state index in [-0.39, 0.29) is 0 Å². The van der Waals surface area contributed by atoms with Gasteiger partial charge in [-0.05, 0) is 24.0 Å². The topological polar surface area (TPSA) is 33.2 Å². The second-order valence-electron chi connectivity index (χ2n) is 4.49. The number of likely N-dealkylation sites (tertiary alicyclic amines) is 1. The van der Waals surface area contributed by atoms with Gasteiger partial charge in [-0.25, -0.2) is 0 Å². The van der Waals surface area contributed by atoms with Gasteiger partial charge in [0.2, 0.25) is 5.91 Å². The molecule has 1 aromatic rings. The van der Waals surface area contributed by atoms with E-state index in [9.17, 15) is 4.79 Å². The Morgan fingerprint density at radius 3 is 3.12 bits per heavy atom. The fraction of sp³-hybridized carbons (Fsp3) is 0.538. The second-order valence-corrected chi connectivity index (χ2v) is 4.49. The number of carbonyl (C=O) groups is 1. The molecule has 0 bridgehead atoms. The lowest BCUT2D eigenvalue weighted by molar-refractivity contribution is -0.128. The van der Waals surface area contributed by atoms with Crippen molar-refractivity contribution in [3.8, 4) is 0 Å². The van der Waals surface area contributed by atoms with Crippen LogP contribution in [0.2, 0.25) is 0 Å². The highest BCUT2D eigenvalue weighted by molar-refractivity contribution is 5.78. The molecule has 3 heteroatoms. The molecule has 0 aliphatic carbocycles. The lowest BCUT2D eigenvalue weighted by atomic mass is 10.0. The standard InChI is InChI=1S/C13H18N2O/c1-2-4-11-7-13(16)15(9-11)10-12-5-3-6-14-8-12/h3,5-6,8,11H,2,4,7,9-10H2,1H3. The highest BCUT2D eigenvalue weighted by atomic mass is 16.2. The van der Waals surface area contributed by atoms with Gasteiger partial charge in [-0.2, -0.15) is 0 Å². The third-order valence-electron chi connectivity index (χ3n) is 3.09. The smallest absolute Gasteiger partial charge is 0.223 e. The van der Waals surface area contributed by atoms with Crippen molar-refractivity contribution < 1.29 is 4.79 Å². The van der Waals surface area contributed by atoms with Crippen LogP contribution in [0.25, 0.3) is 0 Å². The number of nitrogens with zero attached hydrogens (tertiary/aromatic N) is 2. The predicted molar refractivity (Wildman–Crippen MR) is 62.7 cm³/mol. The molecule has 16 heavy (non-hydrogen) atoms. The predicted octanol–water partition coefficient (Wildman–Crippen LogP) is 2.23. The molecule has 1 fully saturated rings. The summed E-state index contributed by atoms with van der Waals surface area (Å²) in [5.41, 5.74) is 1.12. The van der Waals surface area contributed by atoms with Gasteiger partial charge >= 0.3 is 0 Å². The molecule has 2 rings (SSSR count). The largest absolute Gasteiger partial charge is 0.338 e. The first-order valence-corrected chi connectivity index (χ1v) is 5.96. The van der Waals surface area contributed by atoms with E-state index < -0.39 is 0 Å². The average molecular weight is 218 g/mol. The highest BCUT2D eigenvalue weighted by Crippen LogP contribution is 2.23. The third-order valence-corrected chi connectivity index (χ3v) is 3.09. The summed E-state index contributed by atoms with van der Waals surface area (Å²) in [6.07, 6.45) is 6.65. The number of hydrogen-bond acceptors (Lipinski definition) is 2. The van der Waals surface area contributed by atoms with Gasteiger partial charge in [0.1, 0.15) is 0 Å². The maximum atomic E-state index is 11.8. The molecule has 3 nitrogen and oxygen atoms in total. The first kappa shape index (κ1) is 11.1. The van der Waals surface area contributed by atoms with E-state index in [1.165, 1.54) is 6.42 Å². The van der Waals surface area contributed by atoms with Crippen LogP contribution in [0.3, 0.4) is 0 Å². The van der Waals surface area contributed by atoms with Gasteiger partial charge in [0.25, 0.3) is 0 Å². The van der Waals surface area contributed by atoms with Crippen LogP contribution in [-0.4, -0.2) is 22.3 Å². The zero-order valence-corrected chi connectivity index (χ0v) is 9.72. The van der Waals surface area contributed by atoms with Gasteiger partial charge in [-0.3, -0.25) is 9.78 Å². The van der Waals surface area contributed by atoms with Crippen molar-refractivity contribution in [2.24, 2.45) is 5.92 Å². The SMILES string of the molecule is CCCC1CC(=O)N(Cc2cccnc2)C1. The van der Waals surface area contributed by atoms with Crippen molar-refractivity contribution >= 4 is 5.91 Å². The summed E-state index contributed by atoms with van der Waals surface area (Å²) in [6.45, 7) is 3.81. The molecule has 0 N–H and O–H groups in total. The Kier molecular flexibility index (Phi) is 3.54. The number of aromatic nitrogens is 1. The van der Waals surface area contributed by atoms with Crippen LogP contribution in [0.5, 0.6) is 0 Å². The number of pyridine rings is 1. The average Bonchev–Trinajstić information content (AvgIpc) is 2.61. The van der Waals surface area contributed by atoms with E-state index in [4.69, 9.17) is 0 Å². The van der Waals surface area contributed by atoms with Crippen LogP contribution in [-0.2, 0) is 11.3 Å². The summed E-state index contributed by atoms with van der Waals surface area (Å²) < 4.78 is 0. The third kappa shape index (κ3) is 2.60. The van der Waals surface area contributed by atoms with Gasteiger partial charge in [0, 0.05) is 31.9 Å². The summed E-state index contributed by atoms with van der Waals surface area (Å²) in [5, 5.41) is 0. The van der Waals surface area contributed by atoms with Crippen LogP contribution in [0.4, 0.5) is 0 Å². The molecule has 86 valence electrons. The molecule has 1 aliphatic heterocycles. The molecule has 0 spiro atoms. The molecule has 0 radical (unpaired) electrons. The van der Waals surface area contributed by atoms with E-state index >= 15 is 0 Å². The molecule has 2 heterocycles. The van der Waals surface area contributed by atoms with Crippen LogP contribution in [0, 0.1) is 5.92 Å². The zero-order chi connectivity index (χ0) is 11.4. The molecule has 0 aromatic carbocycles. The van der Waals surface area contributed by atoms with Crippen molar-refractivity contribution in [2.45, 2.75) is 32.7 Å².